The van der Waals surface area contributed by atoms with E-state index in [1.165, 1.54) is 50.4 Å². The summed E-state index contributed by atoms with van der Waals surface area (Å²) in [6, 6.07) is 6.76. The summed E-state index contributed by atoms with van der Waals surface area (Å²) in [5, 5.41) is 80.7. The van der Waals surface area contributed by atoms with Gasteiger partial charge in [-0.2, -0.15) is 0 Å². The Bertz CT molecular complexity index is 1380. The first-order valence-corrected chi connectivity index (χ1v) is 13.3. The Hall–Kier alpha value is -3.51. The third kappa shape index (κ3) is 5.74. The zero-order valence-corrected chi connectivity index (χ0v) is 22.9. The van der Waals surface area contributed by atoms with Crippen molar-refractivity contribution in [1.29, 1.82) is 0 Å². The van der Waals surface area contributed by atoms with E-state index in [2.05, 4.69) is 0 Å². The van der Waals surface area contributed by atoms with Gasteiger partial charge in [-0.1, -0.05) is 6.07 Å². The number of rotatable bonds is 7. The van der Waals surface area contributed by atoms with Gasteiger partial charge in [-0.25, -0.2) is 0 Å². The molecule has 1 unspecified atom stereocenters. The number of hydrogen-bond donors (Lipinski definition) is 8. The van der Waals surface area contributed by atoms with E-state index in [0.717, 1.165) is 0 Å². The predicted octanol–water partition coefficient (Wildman–Crippen LogP) is -1.25. The van der Waals surface area contributed by atoms with Crippen molar-refractivity contribution in [3.05, 3.63) is 47.2 Å². The summed E-state index contributed by atoms with van der Waals surface area (Å²) in [6.07, 6.45) is -13.6. The van der Waals surface area contributed by atoms with E-state index in [4.69, 9.17) is 28.4 Å². The van der Waals surface area contributed by atoms with Gasteiger partial charge in [0.05, 0.1) is 25.4 Å². The van der Waals surface area contributed by atoms with E-state index >= 15 is 0 Å². The van der Waals surface area contributed by atoms with Crippen LogP contribution in [0.4, 0.5) is 0 Å². The fourth-order valence-electron chi connectivity index (χ4n) is 5.03. The number of Topliss-reactive ketones (excluding diaryl/α,β-unsaturated/α-hetero) is 1. The number of hydrogen-bond acceptors (Lipinski definition) is 15. The van der Waals surface area contributed by atoms with Crippen molar-refractivity contribution in [3.63, 3.8) is 0 Å². The predicted molar refractivity (Wildman–Crippen MR) is 141 cm³/mol. The minimum absolute atomic E-state index is 0.00525. The van der Waals surface area contributed by atoms with Crippen LogP contribution in [-0.4, -0.2) is 122 Å². The van der Waals surface area contributed by atoms with Crippen LogP contribution in [-0.2, 0) is 14.2 Å². The molecule has 8 N–H and O–H groups in total. The van der Waals surface area contributed by atoms with Gasteiger partial charge in [-0.05, 0) is 42.8 Å². The van der Waals surface area contributed by atoms with Crippen LogP contribution < -0.4 is 14.2 Å². The van der Waals surface area contributed by atoms with Gasteiger partial charge in [0.25, 0.3) is 0 Å². The summed E-state index contributed by atoms with van der Waals surface area (Å²) >= 11 is 0. The first-order chi connectivity index (χ1) is 20.4. The van der Waals surface area contributed by atoms with Crippen molar-refractivity contribution in [2.24, 2.45) is 0 Å². The minimum Gasteiger partial charge on any atom is -0.504 e. The maximum absolute atomic E-state index is 13.0. The highest BCUT2D eigenvalue weighted by Gasteiger charge is 2.50. The van der Waals surface area contributed by atoms with E-state index in [-0.39, 0.29) is 40.1 Å². The number of aliphatic hydroxyl groups is 6. The molecule has 0 aliphatic carbocycles. The smallest absolute Gasteiger partial charge is 0.232 e. The van der Waals surface area contributed by atoms with Gasteiger partial charge in [0.2, 0.25) is 17.8 Å². The standard InChI is InChI=1S/C28H32O15/c1-10-24(43-28-22(36)20(34)19(33)17(9-29)42-28)21(35)23(37)27(39-10)41-15-6-4-12-18(32)16(40-25(12)26(15)38-2)8-11-3-5-13(30)14(31)7-11/h3-8,10,17,19-24,27-31,33-37H,9H2,1-2H3/b16-8-/t10-,17+,19+,20?,21-,22+,23+,24-,27-,28-/m0/s1. The van der Waals surface area contributed by atoms with Crippen molar-refractivity contribution in [3.8, 4) is 28.7 Å². The summed E-state index contributed by atoms with van der Waals surface area (Å²) < 4.78 is 33.7. The molecule has 3 aliphatic rings. The van der Waals surface area contributed by atoms with Gasteiger partial charge in [0.15, 0.2) is 35.0 Å². The number of carbonyl (C=O) groups excluding carboxylic acids is 1. The number of allylic oxidation sites excluding steroid dienone is 1. The fourth-order valence-corrected chi connectivity index (χ4v) is 5.03. The molecule has 43 heavy (non-hydrogen) atoms. The Labute approximate surface area is 244 Å². The monoisotopic (exact) mass is 608 g/mol. The Morgan fingerprint density at radius 2 is 1.60 bits per heavy atom. The third-order valence-electron chi connectivity index (χ3n) is 7.42. The highest BCUT2D eigenvalue weighted by atomic mass is 16.7. The molecule has 2 saturated heterocycles. The van der Waals surface area contributed by atoms with Gasteiger partial charge in [-0.3, -0.25) is 4.79 Å². The summed E-state index contributed by atoms with van der Waals surface area (Å²) in [5.74, 6) is -1.29. The molecule has 2 fully saturated rings. The molecule has 2 aromatic rings. The second-order valence-corrected chi connectivity index (χ2v) is 10.3. The lowest BCUT2D eigenvalue weighted by molar-refractivity contribution is -0.348. The van der Waals surface area contributed by atoms with Crippen molar-refractivity contribution in [2.75, 3.05) is 13.7 Å². The molecule has 0 amide bonds. The lowest BCUT2D eigenvalue weighted by atomic mass is 9.97. The SMILES string of the molecule is COc1c(O[C@@H]2O[C@@H](C)[C@H](O[C@@H]3O[C@H](CO)[C@@H](O)C(O)[C@H]3O)[C@@H](O)[C@H]2O)ccc2c1O/C(=C\c1ccc(O)c(O)c1)C2=O. The summed E-state index contributed by atoms with van der Waals surface area (Å²) in [4.78, 5) is 13.0. The van der Waals surface area contributed by atoms with E-state index in [1.807, 2.05) is 0 Å². The van der Waals surface area contributed by atoms with Crippen LogP contribution in [0.5, 0.6) is 28.7 Å². The highest BCUT2D eigenvalue weighted by Crippen LogP contribution is 2.46. The van der Waals surface area contributed by atoms with Crippen LogP contribution in [0.3, 0.4) is 0 Å². The summed E-state index contributed by atoms with van der Waals surface area (Å²) in [6.45, 7) is 0.804. The topological polar surface area (TPSA) is 234 Å². The van der Waals surface area contributed by atoms with Crippen LogP contribution in [0.2, 0.25) is 0 Å². The van der Waals surface area contributed by atoms with Crippen molar-refractivity contribution < 1.29 is 74.1 Å². The number of fused-ring (bicyclic) bond motifs is 1. The molecule has 0 bridgehead atoms. The molecule has 0 aromatic heterocycles. The third-order valence-corrected chi connectivity index (χ3v) is 7.42. The first kappa shape index (κ1) is 30.9. The van der Waals surface area contributed by atoms with Gasteiger partial charge in [0, 0.05) is 0 Å². The molecular weight excluding hydrogens is 576 g/mol. The molecule has 3 aliphatic heterocycles. The molecule has 15 heteroatoms. The zero-order valence-electron chi connectivity index (χ0n) is 22.9. The van der Waals surface area contributed by atoms with Gasteiger partial charge < -0.3 is 69.3 Å². The number of carbonyl (C=O) groups is 1. The lowest BCUT2D eigenvalue weighted by Crippen LogP contribution is -2.64. The van der Waals surface area contributed by atoms with Gasteiger partial charge in [-0.15, -0.1) is 0 Å². The summed E-state index contributed by atoms with van der Waals surface area (Å²) in [7, 11) is 1.30. The number of aliphatic hydroxyl groups excluding tert-OH is 6. The number of benzene rings is 2. The van der Waals surface area contributed by atoms with E-state index in [9.17, 15) is 45.6 Å². The first-order valence-electron chi connectivity index (χ1n) is 13.3. The highest BCUT2D eigenvalue weighted by molar-refractivity contribution is 6.15. The van der Waals surface area contributed by atoms with Gasteiger partial charge >= 0.3 is 0 Å². The van der Waals surface area contributed by atoms with E-state index in [0.29, 0.717) is 5.56 Å². The molecule has 15 nitrogen and oxygen atoms in total. The number of phenolic OH excluding ortho intramolecular Hbond substituents is 2. The number of ether oxygens (including phenoxy) is 6. The zero-order chi connectivity index (χ0) is 31.2. The van der Waals surface area contributed by atoms with E-state index in [1.54, 1.807) is 0 Å². The van der Waals surface area contributed by atoms with Crippen LogP contribution in [0, 0.1) is 0 Å². The second kappa shape index (κ2) is 12.2. The van der Waals surface area contributed by atoms with Crippen molar-refractivity contribution in [2.45, 2.75) is 68.3 Å². The largest absolute Gasteiger partial charge is 0.504 e. The molecule has 0 radical (unpaired) electrons. The van der Waals surface area contributed by atoms with Crippen LogP contribution >= 0.6 is 0 Å². The molecule has 234 valence electrons. The Kier molecular flexibility index (Phi) is 8.80. The van der Waals surface area contributed by atoms with Crippen LogP contribution in [0.15, 0.2) is 36.1 Å². The number of methoxy groups -OCH3 is 1. The molecule has 0 spiro atoms. The molecular formula is C28H32O15. The fraction of sp³-hybridized carbons (Fsp3) is 0.464. The average molecular weight is 609 g/mol. The average Bonchev–Trinajstić information content (AvgIpc) is 3.30. The second-order valence-electron chi connectivity index (χ2n) is 10.3. The van der Waals surface area contributed by atoms with Crippen LogP contribution in [0.1, 0.15) is 22.8 Å². The minimum atomic E-state index is -1.74. The normalized spacial score (nSPS) is 35.0. The van der Waals surface area contributed by atoms with Crippen LogP contribution in [0.25, 0.3) is 6.08 Å². The van der Waals surface area contributed by atoms with Crippen molar-refractivity contribution in [1.82, 2.24) is 0 Å². The Balaban J connectivity index is 1.31. The van der Waals surface area contributed by atoms with Crippen molar-refractivity contribution >= 4 is 11.9 Å². The molecule has 5 rings (SSSR count). The number of ketones is 1. The molecule has 3 heterocycles. The molecule has 0 saturated carbocycles. The molecule has 10 atom stereocenters. The molecule has 2 aromatic carbocycles. The lowest BCUT2D eigenvalue weighted by Gasteiger charge is -2.45. The maximum Gasteiger partial charge on any atom is 0.232 e. The summed E-state index contributed by atoms with van der Waals surface area (Å²) in [5.41, 5.74) is 0.522. The Morgan fingerprint density at radius 1 is 0.884 bits per heavy atom. The van der Waals surface area contributed by atoms with E-state index < -0.39 is 73.8 Å². The quantitative estimate of drug-likeness (QED) is 0.136. The Morgan fingerprint density at radius 3 is 2.28 bits per heavy atom. The van der Waals surface area contributed by atoms with Gasteiger partial charge in [0.1, 0.15) is 42.7 Å². The number of phenols is 2. The number of aromatic hydroxyl groups is 2. The maximum atomic E-state index is 13.0.